The number of hydrogen-bond acceptors (Lipinski definition) is 5. The molecule has 0 saturated carbocycles. The smallest absolute Gasteiger partial charge is 0.381 e. The van der Waals surface area contributed by atoms with E-state index in [0.29, 0.717) is 29.4 Å². The van der Waals surface area contributed by atoms with Gasteiger partial charge in [0, 0.05) is 25.0 Å². The van der Waals surface area contributed by atoms with E-state index in [9.17, 15) is 22.8 Å². The number of amides is 2. The minimum atomic E-state index is -4.60. The van der Waals surface area contributed by atoms with Crippen LogP contribution in [-0.2, 0) is 20.5 Å². The summed E-state index contributed by atoms with van der Waals surface area (Å²) >= 11 is 5.90. The van der Waals surface area contributed by atoms with Gasteiger partial charge in [-0.15, -0.1) is 0 Å². The minimum absolute atomic E-state index is 0.163. The number of anilines is 2. The first-order valence-electron chi connectivity index (χ1n) is 14.7. The van der Waals surface area contributed by atoms with E-state index in [0.717, 1.165) is 56.6 Å². The predicted octanol–water partition coefficient (Wildman–Crippen LogP) is 8.16. The molecule has 1 aliphatic heterocycles. The Morgan fingerprint density at radius 2 is 1.84 bits per heavy atom. The average Bonchev–Trinajstić information content (AvgIpc) is 3.28. The van der Waals surface area contributed by atoms with Crippen LogP contribution in [0.5, 0.6) is 0 Å². The van der Waals surface area contributed by atoms with Crippen LogP contribution in [-0.4, -0.2) is 50.2 Å². The van der Waals surface area contributed by atoms with Crippen molar-refractivity contribution in [3.05, 3.63) is 94.5 Å². The first kappa shape index (κ1) is 33.9. The van der Waals surface area contributed by atoms with Crippen LogP contribution in [0.2, 0.25) is 5.02 Å². The summed E-state index contributed by atoms with van der Waals surface area (Å²) in [6, 6.07) is 16.7. The third-order valence-corrected chi connectivity index (χ3v) is 8.02. The molecule has 3 aromatic carbocycles. The summed E-state index contributed by atoms with van der Waals surface area (Å²) in [7, 11) is 1.85. The molecule has 4 rings (SSSR count). The second-order valence-corrected chi connectivity index (χ2v) is 11.3. The molecule has 2 amide bonds. The number of nitrogens with one attached hydrogen (secondary N) is 2. The maximum absolute atomic E-state index is 13.7. The van der Waals surface area contributed by atoms with Gasteiger partial charge in [0.25, 0.3) is 0 Å². The van der Waals surface area contributed by atoms with Crippen LogP contribution in [0, 0.1) is 5.92 Å². The number of benzene rings is 3. The van der Waals surface area contributed by atoms with Gasteiger partial charge in [0.2, 0.25) is 11.8 Å². The molecule has 1 saturated heterocycles. The number of para-hydroxylation sites is 2. The van der Waals surface area contributed by atoms with Crippen molar-refractivity contribution < 1.29 is 27.5 Å². The Labute approximate surface area is 266 Å². The number of rotatable bonds is 11. The molecule has 2 atom stereocenters. The van der Waals surface area contributed by atoms with E-state index in [1.807, 2.05) is 11.9 Å². The normalized spacial score (nSPS) is 16.3. The van der Waals surface area contributed by atoms with E-state index in [1.165, 1.54) is 12.1 Å². The zero-order chi connectivity index (χ0) is 32.4. The van der Waals surface area contributed by atoms with E-state index >= 15 is 0 Å². The zero-order valence-corrected chi connectivity index (χ0v) is 25.7. The number of ether oxygens (including phenoxy) is 1. The van der Waals surface area contributed by atoms with Crippen molar-refractivity contribution in [3.63, 3.8) is 0 Å². The molecule has 0 aliphatic carbocycles. The Morgan fingerprint density at radius 1 is 1.09 bits per heavy atom. The molecule has 3 aromatic rings. The van der Waals surface area contributed by atoms with Crippen molar-refractivity contribution in [2.24, 2.45) is 10.9 Å². The van der Waals surface area contributed by atoms with E-state index in [2.05, 4.69) is 22.3 Å². The second-order valence-electron chi connectivity index (χ2n) is 10.9. The van der Waals surface area contributed by atoms with Crippen molar-refractivity contribution in [2.45, 2.75) is 37.9 Å². The van der Waals surface area contributed by atoms with Crippen LogP contribution in [0.1, 0.15) is 48.4 Å². The molecule has 0 spiro atoms. The molecule has 1 heterocycles. The van der Waals surface area contributed by atoms with Crippen molar-refractivity contribution in [1.82, 2.24) is 4.90 Å². The molecule has 2 unspecified atom stereocenters. The summed E-state index contributed by atoms with van der Waals surface area (Å²) < 4.78 is 45.2. The third-order valence-electron chi connectivity index (χ3n) is 7.70. The highest BCUT2D eigenvalue weighted by atomic mass is 35.5. The van der Waals surface area contributed by atoms with Gasteiger partial charge in [-0.2, -0.15) is 13.2 Å². The van der Waals surface area contributed by atoms with Crippen molar-refractivity contribution in [3.8, 4) is 0 Å². The Kier molecular flexibility index (Phi) is 11.9. The third kappa shape index (κ3) is 9.75. The number of halogens is 4. The van der Waals surface area contributed by atoms with Crippen molar-refractivity contribution in [2.75, 3.05) is 37.4 Å². The summed E-state index contributed by atoms with van der Waals surface area (Å²) in [6.07, 6.45) is 2.33. The zero-order valence-electron chi connectivity index (χ0n) is 24.9. The van der Waals surface area contributed by atoms with E-state index in [4.69, 9.17) is 16.3 Å². The highest BCUT2D eigenvalue weighted by Gasteiger charge is 2.33. The summed E-state index contributed by atoms with van der Waals surface area (Å²) in [6.45, 7) is 5.62. The largest absolute Gasteiger partial charge is 0.417 e. The maximum Gasteiger partial charge on any atom is 0.417 e. The molecule has 7 nitrogen and oxygen atoms in total. The lowest BCUT2D eigenvalue weighted by Gasteiger charge is -2.29. The molecule has 1 fully saturated rings. The van der Waals surface area contributed by atoms with Gasteiger partial charge in [0.1, 0.15) is 6.04 Å². The van der Waals surface area contributed by atoms with Crippen LogP contribution in [0.3, 0.4) is 0 Å². The predicted molar refractivity (Wildman–Crippen MR) is 173 cm³/mol. The number of nitrogens with zero attached hydrogens (tertiary/aromatic N) is 2. The number of likely N-dealkylation sites (N-methyl/N-ethyl adjacent to an activating group) is 1. The fourth-order valence-corrected chi connectivity index (χ4v) is 5.55. The van der Waals surface area contributed by atoms with E-state index in [1.54, 1.807) is 54.6 Å². The summed E-state index contributed by atoms with van der Waals surface area (Å²) in [5, 5.41) is 5.03. The standard InChI is InChI=1S/C34H36ClF3N4O3/c1-39-29-7-3-4-8-30(29)41-31(43)16-11-24-9-12-25(13-10-24)32(42(2)19-17-23-6-5-20-45-21-18-23)33(44)40-26-14-15-27(28(35)22-26)34(36,37)38/h3-4,7-16,22-23,32H,1,5-6,17-21H2,2H3,(H,40,44)(H,41,43)/b16-11+. The van der Waals surface area contributed by atoms with Crippen LogP contribution < -0.4 is 10.6 Å². The summed E-state index contributed by atoms with van der Waals surface area (Å²) in [4.78, 5) is 32.0. The van der Waals surface area contributed by atoms with Gasteiger partial charge in [-0.25, -0.2) is 0 Å². The lowest BCUT2D eigenvalue weighted by atomic mass is 9.96. The highest BCUT2D eigenvalue weighted by molar-refractivity contribution is 6.31. The Hall–Kier alpha value is -3.99. The molecule has 45 heavy (non-hydrogen) atoms. The van der Waals surface area contributed by atoms with Gasteiger partial charge in [-0.3, -0.25) is 19.5 Å². The van der Waals surface area contributed by atoms with Gasteiger partial charge in [0.05, 0.1) is 22.0 Å². The minimum Gasteiger partial charge on any atom is -0.381 e. The van der Waals surface area contributed by atoms with E-state index < -0.39 is 28.7 Å². The number of aliphatic imine (C=N–C) groups is 1. The Balaban J connectivity index is 1.50. The fraction of sp³-hybridized carbons (Fsp3) is 0.324. The molecule has 2 N–H and O–H groups in total. The Bertz CT molecular complexity index is 1500. The number of carbonyl (C=O) groups excluding carboxylic acids is 2. The quantitative estimate of drug-likeness (QED) is 0.164. The molecular formula is C34H36ClF3N4O3. The van der Waals surface area contributed by atoms with Gasteiger partial charge < -0.3 is 15.4 Å². The first-order chi connectivity index (χ1) is 21.5. The molecule has 11 heteroatoms. The number of alkyl halides is 3. The summed E-state index contributed by atoms with van der Waals surface area (Å²) in [5.41, 5.74) is 1.71. The van der Waals surface area contributed by atoms with Crippen LogP contribution in [0.25, 0.3) is 6.08 Å². The topological polar surface area (TPSA) is 83.0 Å². The van der Waals surface area contributed by atoms with Crippen LogP contribution in [0.15, 0.2) is 77.8 Å². The SMILES string of the molecule is C=Nc1ccccc1NC(=O)/C=C/c1ccc(C(C(=O)Nc2ccc(C(F)(F)F)c(Cl)c2)N(C)CCC2CCCOCC2)cc1. The molecule has 238 valence electrons. The maximum atomic E-state index is 13.7. The Morgan fingerprint density at radius 3 is 2.56 bits per heavy atom. The summed E-state index contributed by atoms with van der Waals surface area (Å²) in [5.74, 6) is -0.277. The first-order valence-corrected chi connectivity index (χ1v) is 15.0. The van der Waals surface area contributed by atoms with Gasteiger partial charge in [-0.05, 0) is 99.4 Å². The molecule has 0 radical (unpaired) electrons. The number of hydrogen-bond donors (Lipinski definition) is 2. The highest BCUT2D eigenvalue weighted by Crippen LogP contribution is 2.36. The number of carbonyl (C=O) groups is 2. The van der Waals surface area contributed by atoms with Crippen molar-refractivity contribution >= 4 is 53.3 Å². The van der Waals surface area contributed by atoms with E-state index in [-0.39, 0.29) is 11.6 Å². The van der Waals surface area contributed by atoms with Gasteiger partial charge >= 0.3 is 6.18 Å². The van der Waals surface area contributed by atoms with Gasteiger partial charge in [0.15, 0.2) is 0 Å². The lowest BCUT2D eigenvalue weighted by Crippen LogP contribution is -2.36. The lowest BCUT2D eigenvalue weighted by molar-refractivity contribution is -0.137. The van der Waals surface area contributed by atoms with Gasteiger partial charge in [-0.1, -0.05) is 48.0 Å². The second kappa shape index (κ2) is 15.8. The molecule has 1 aliphatic rings. The van der Waals surface area contributed by atoms with Crippen LogP contribution >= 0.6 is 11.6 Å². The fourth-order valence-electron chi connectivity index (χ4n) is 5.27. The molecule has 0 aromatic heterocycles. The molecular weight excluding hydrogens is 605 g/mol. The van der Waals surface area contributed by atoms with Crippen LogP contribution in [0.4, 0.5) is 30.2 Å². The average molecular weight is 641 g/mol. The molecule has 0 bridgehead atoms. The monoisotopic (exact) mass is 640 g/mol. The van der Waals surface area contributed by atoms with Crippen molar-refractivity contribution in [1.29, 1.82) is 0 Å².